The second-order valence-electron chi connectivity index (χ2n) is 4.10. The maximum atomic E-state index is 11.1. The first-order chi connectivity index (χ1) is 7.72. The van der Waals surface area contributed by atoms with Crippen LogP contribution in [0, 0.1) is 0 Å². The molecule has 0 aliphatic carbocycles. The highest BCUT2D eigenvalue weighted by molar-refractivity contribution is 5.79. The van der Waals surface area contributed by atoms with Crippen molar-refractivity contribution in [2.24, 2.45) is 5.73 Å². The minimum absolute atomic E-state index is 0.197. The van der Waals surface area contributed by atoms with Crippen molar-refractivity contribution in [2.75, 3.05) is 20.3 Å². The maximum Gasteiger partial charge on any atom is 0.234 e. The Kier molecular flexibility index (Phi) is 10.5. The van der Waals surface area contributed by atoms with Gasteiger partial charge in [-0.05, 0) is 6.42 Å². The van der Waals surface area contributed by atoms with Crippen molar-refractivity contribution in [3.63, 3.8) is 0 Å². The van der Waals surface area contributed by atoms with Gasteiger partial charge >= 0.3 is 0 Å². The van der Waals surface area contributed by atoms with Crippen molar-refractivity contribution in [3.05, 3.63) is 0 Å². The van der Waals surface area contributed by atoms with Gasteiger partial charge in [0.15, 0.2) is 0 Å². The van der Waals surface area contributed by atoms with Crippen molar-refractivity contribution in [1.29, 1.82) is 0 Å². The molecule has 0 aliphatic heterocycles. The van der Waals surface area contributed by atoms with Crippen LogP contribution in [0.2, 0.25) is 0 Å². The Bertz CT molecular complexity index is 174. The van der Waals surface area contributed by atoms with Crippen LogP contribution >= 0.6 is 0 Å². The largest absolute Gasteiger partial charge is 0.383 e. The SMILES string of the molecule is CCCCCCCC(NCCOC)C(N)=O. The summed E-state index contributed by atoms with van der Waals surface area (Å²) >= 11 is 0. The average molecular weight is 230 g/mol. The average Bonchev–Trinajstić information content (AvgIpc) is 2.26. The van der Waals surface area contributed by atoms with E-state index in [2.05, 4.69) is 12.2 Å². The molecule has 4 nitrogen and oxygen atoms in total. The quantitative estimate of drug-likeness (QED) is 0.528. The summed E-state index contributed by atoms with van der Waals surface area (Å²) in [5, 5.41) is 3.11. The number of rotatable bonds is 11. The van der Waals surface area contributed by atoms with Gasteiger partial charge in [0.2, 0.25) is 5.91 Å². The molecule has 0 bridgehead atoms. The highest BCUT2D eigenvalue weighted by atomic mass is 16.5. The van der Waals surface area contributed by atoms with Crippen LogP contribution in [0.4, 0.5) is 0 Å². The van der Waals surface area contributed by atoms with E-state index in [1.807, 2.05) is 0 Å². The Morgan fingerprint density at radius 3 is 2.56 bits per heavy atom. The van der Waals surface area contributed by atoms with Crippen LogP contribution in [0.1, 0.15) is 45.4 Å². The van der Waals surface area contributed by atoms with Crippen molar-refractivity contribution in [2.45, 2.75) is 51.5 Å². The molecule has 0 aromatic heterocycles. The lowest BCUT2D eigenvalue weighted by molar-refractivity contribution is -0.120. The van der Waals surface area contributed by atoms with Crippen molar-refractivity contribution in [1.82, 2.24) is 5.32 Å². The maximum absolute atomic E-state index is 11.1. The summed E-state index contributed by atoms with van der Waals surface area (Å²) < 4.78 is 4.91. The van der Waals surface area contributed by atoms with Gasteiger partial charge in [-0.3, -0.25) is 4.79 Å². The molecule has 96 valence electrons. The van der Waals surface area contributed by atoms with Crippen molar-refractivity contribution < 1.29 is 9.53 Å². The molecular formula is C12H26N2O2. The van der Waals surface area contributed by atoms with Gasteiger partial charge in [-0.25, -0.2) is 0 Å². The molecule has 16 heavy (non-hydrogen) atoms. The fourth-order valence-corrected chi connectivity index (χ4v) is 1.63. The molecule has 0 rings (SSSR count). The molecule has 0 aromatic rings. The molecule has 0 radical (unpaired) electrons. The first kappa shape index (κ1) is 15.4. The molecule has 4 heteroatoms. The van der Waals surface area contributed by atoms with Crippen LogP contribution in [0.3, 0.4) is 0 Å². The molecule has 0 saturated carbocycles. The van der Waals surface area contributed by atoms with E-state index in [-0.39, 0.29) is 11.9 Å². The zero-order valence-electron chi connectivity index (χ0n) is 10.6. The number of primary amides is 1. The molecule has 0 aliphatic rings. The van der Waals surface area contributed by atoms with E-state index >= 15 is 0 Å². The highest BCUT2D eigenvalue weighted by Crippen LogP contribution is 2.07. The molecule has 0 saturated heterocycles. The van der Waals surface area contributed by atoms with Crippen LogP contribution in [-0.2, 0) is 9.53 Å². The zero-order chi connectivity index (χ0) is 12.2. The van der Waals surface area contributed by atoms with Gasteiger partial charge in [0.25, 0.3) is 0 Å². The number of nitrogens with two attached hydrogens (primary N) is 1. The summed E-state index contributed by atoms with van der Waals surface area (Å²) in [7, 11) is 1.64. The molecule has 1 amide bonds. The van der Waals surface area contributed by atoms with Gasteiger partial charge in [-0.2, -0.15) is 0 Å². The number of nitrogens with one attached hydrogen (secondary N) is 1. The second-order valence-corrected chi connectivity index (χ2v) is 4.10. The number of unbranched alkanes of at least 4 members (excludes halogenated alkanes) is 4. The van der Waals surface area contributed by atoms with E-state index < -0.39 is 0 Å². The van der Waals surface area contributed by atoms with E-state index in [1.165, 1.54) is 25.7 Å². The van der Waals surface area contributed by atoms with E-state index in [0.717, 1.165) is 12.8 Å². The number of hydrogen-bond donors (Lipinski definition) is 2. The fraction of sp³-hybridized carbons (Fsp3) is 0.917. The van der Waals surface area contributed by atoms with Crippen LogP contribution in [0.25, 0.3) is 0 Å². The lowest BCUT2D eigenvalue weighted by Gasteiger charge is -2.14. The summed E-state index contributed by atoms with van der Waals surface area (Å²) in [6.45, 7) is 3.48. The lowest BCUT2D eigenvalue weighted by atomic mass is 10.1. The summed E-state index contributed by atoms with van der Waals surface area (Å²) in [6, 6.07) is -0.197. The number of carbonyl (C=O) groups excluding carboxylic acids is 1. The van der Waals surface area contributed by atoms with Gasteiger partial charge in [0, 0.05) is 13.7 Å². The molecule has 0 heterocycles. The Morgan fingerprint density at radius 2 is 2.00 bits per heavy atom. The van der Waals surface area contributed by atoms with Crippen molar-refractivity contribution in [3.8, 4) is 0 Å². The second kappa shape index (κ2) is 10.9. The molecule has 0 fully saturated rings. The van der Waals surface area contributed by atoms with Gasteiger partial charge in [-0.15, -0.1) is 0 Å². The van der Waals surface area contributed by atoms with Gasteiger partial charge in [-0.1, -0.05) is 39.0 Å². The lowest BCUT2D eigenvalue weighted by Crippen LogP contribution is -2.42. The molecule has 0 aromatic carbocycles. The van der Waals surface area contributed by atoms with Crippen molar-refractivity contribution >= 4 is 5.91 Å². The Morgan fingerprint density at radius 1 is 1.31 bits per heavy atom. The van der Waals surface area contributed by atoms with Crippen LogP contribution in [-0.4, -0.2) is 32.2 Å². The van der Waals surface area contributed by atoms with Crippen LogP contribution in [0.15, 0.2) is 0 Å². The smallest absolute Gasteiger partial charge is 0.234 e. The fourth-order valence-electron chi connectivity index (χ4n) is 1.63. The third kappa shape index (κ3) is 8.68. The summed E-state index contributed by atoms with van der Waals surface area (Å²) in [5.41, 5.74) is 5.32. The molecule has 3 N–H and O–H groups in total. The van der Waals surface area contributed by atoms with Crippen LogP contribution in [0.5, 0.6) is 0 Å². The minimum Gasteiger partial charge on any atom is -0.383 e. The third-order valence-corrected chi connectivity index (χ3v) is 2.64. The number of carbonyl (C=O) groups is 1. The molecule has 0 spiro atoms. The Balaban J connectivity index is 3.56. The number of methoxy groups -OCH3 is 1. The highest BCUT2D eigenvalue weighted by Gasteiger charge is 2.13. The monoisotopic (exact) mass is 230 g/mol. The Labute approximate surface area is 98.9 Å². The summed E-state index contributed by atoms with van der Waals surface area (Å²) in [6.07, 6.45) is 6.85. The molecule has 1 unspecified atom stereocenters. The first-order valence-electron chi connectivity index (χ1n) is 6.24. The molecular weight excluding hydrogens is 204 g/mol. The first-order valence-corrected chi connectivity index (χ1v) is 6.24. The normalized spacial score (nSPS) is 12.6. The summed E-state index contributed by atoms with van der Waals surface area (Å²) in [4.78, 5) is 11.1. The minimum atomic E-state index is -0.258. The topological polar surface area (TPSA) is 64.3 Å². The van der Waals surface area contributed by atoms with Gasteiger partial charge in [0.05, 0.1) is 12.6 Å². The van der Waals surface area contributed by atoms with E-state index in [1.54, 1.807) is 7.11 Å². The number of hydrogen-bond acceptors (Lipinski definition) is 3. The predicted octanol–water partition coefficient (Wildman–Crippen LogP) is 1.44. The predicted molar refractivity (Wildman–Crippen MR) is 66.2 cm³/mol. The third-order valence-electron chi connectivity index (χ3n) is 2.64. The number of ether oxygens (including phenoxy) is 1. The summed E-state index contributed by atoms with van der Waals surface area (Å²) in [5.74, 6) is -0.258. The standard InChI is InChI=1S/C12H26N2O2/c1-3-4-5-6-7-8-11(12(13)15)14-9-10-16-2/h11,14H,3-10H2,1-2H3,(H2,13,15). The van der Waals surface area contributed by atoms with E-state index in [9.17, 15) is 4.79 Å². The van der Waals surface area contributed by atoms with Crippen LogP contribution < -0.4 is 11.1 Å². The van der Waals surface area contributed by atoms with Gasteiger partial charge < -0.3 is 15.8 Å². The van der Waals surface area contributed by atoms with Gasteiger partial charge in [0.1, 0.15) is 0 Å². The molecule has 1 atom stereocenters. The van der Waals surface area contributed by atoms with E-state index in [0.29, 0.717) is 13.2 Å². The zero-order valence-corrected chi connectivity index (χ0v) is 10.6. The number of amides is 1. The van der Waals surface area contributed by atoms with E-state index in [4.69, 9.17) is 10.5 Å². The Hall–Kier alpha value is -0.610.